The number of carbonyl (C=O) groups excluding carboxylic acids is 1. The summed E-state index contributed by atoms with van der Waals surface area (Å²) < 4.78 is 15.9. The first kappa shape index (κ1) is 19.0. The Labute approximate surface area is 162 Å². The smallest absolute Gasteiger partial charge is 0.318 e. The Kier molecular flexibility index (Phi) is 5.91. The number of rotatable bonds is 7. The molecule has 0 saturated carbocycles. The fourth-order valence-electron chi connectivity index (χ4n) is 2.44. The van der Waals surface area contributed by atoms with Gasteiger partial charge in [0, 0.05) is 6.07 Å². The van der Waals surface area contributed by atoms with Crippen LogP contribution in [0.2, 0.25) is 0 Å². The number of anilines is 2. The van der Waals surface area contributed by atoms with E-state index in [0.717, 1.165) is 5.56 Å². The molecule has 0 aliphatic heterocycles. The molecule has 0 bridgehead atoms. The average molecular weight is 380 g/mol. The number of nitrogens with zero attached hydrogens (tertiary/aromatic N) is 2. The van der Waals surface area contributed by atoms with Gasteiger partial charge in [0.25, 0.3) is 5.91 Å². The van der Waals surface area contributed by atoms with Crippen LogP contribution in [0.4, 0.5) is 11.5 Å². The standard InChI is InChI=1S/C20H20N4O4/c1-26-14-8-9-15(17(10-14)27-2)19(25)23-16-11-22-20(24-18(16)21)28-12-13-6-4-3-5-7-13/h3-11H,12H2,1-2H3,(H,23,25)(H2,21,22,24). The molecule has 0 aliphatic carbocycles. The third-order valence-corrected chi connectivity index (χ3v) is 3.91. The number of nitrogens with one attached hydrogen (secondary N) is 1. The van der Waals surface area contributed by atoms with Crippen molar-refractivity contribution in [3.05, 3.63) is 65.9 Å². The number of amides is 1. The molecule has 0 spiro atoms. The van der Waals surface area contributed by atoms with Crippen molar-refractivity contribution in [2.45, 2.75) is 6.61 Å². The highest BCUT2D eigenvalue weighted by atomic mass is 16.5. The number of benzene rings is 2. The van der Waals surface area contributed by atoms with Crippen LogP contribution in [0.5, 0.6) is 17.5 Å². The van der Waals surface area contributed by atoms with Crippen molar-refractivity contribution >= 4 is 17.4 Å². The summed E-state index contributed by atoms with van der Waals surface area (Å²) in [6.45, 7) is 0.315. The molecule has 2 aromatic carbocycles. The molecule has 1 aromatic heterocycles. The van der Waals surface area contributed by atoms with E-state index in [1.165, 1.54) is 20.4 Å². The molecule has 3 N–H and O–H groups in total. The van der Waals surface area contributed by atoms with E-state index in [1.807, 2.05) is 30.3 Å². The zero-order chi connectivity index (χ0) is 19.9. The average Bonchev–Trinajstić information content (AvgIpc) is 2.74. The zero-order valence-corrected chi connectivity index (χ0v) is 15.5. The number of aromatic nitrogens is 2. The third-order valence-electron chi connectivity index (χ3n) is 3.91. The van der Waals surface area contributed by atoms with Crippen molar-refractivity contribution in [3.8, 4) is 17.5 Å². The van der Waals surface area contributed by atoms with E-state index < -0.39 is 5.91 Å². The quantitative estimate of drug-likeness (QED) is 0.649. The zero-order valence-electron chi connectivity index (χ0n) is 15.5. The van der Waals surface area contributed by atoms with E-state index in [2.05, 4.69) is 15.3 Å². The fraction of sp³-hybridized carbons (Fsp3) is 0.150. The maximum Gasteiger partial charge on any atom is 0.318 e. The highest BCUT2D eigenvalue weighted by molar-refractivity contribution is 6.07. The van der Waals surface area contributed by atoms with Crippen LogP contribution in [0, 0.1) is 0 Å². The second-order valence-corrected chi connectivity index (χ2v) is 5.75. The predicted molar refractivity (Wildman–Crippen MR) is 105 cm³/mol. The molecular formula is C20H20N4O4. The topological polar surface area (TPSA) is 109 Å². The molecule has 8 heteroatoms. The fourth-order valence-corrected chi connectivity index (χ4v) is 2.44. The highest BCUT2D eigenvalue weighted by Gasteiger charge is 2.16. The van der Waals surface area contributed by atoms with Crippen molar-refractivity contribution in [2.24, 2.45) is 0 Å². The Morgan fingerprint density at radius 2 is 1.89 bits per heavy atom. The predicted octanol–water partition coefficient (Wildman–Crippen LogP) is 2.91. The Balaban J connectivity index is 1.70. The van der Waals surface area contributed by atoms with Crippen LogP contribution in [-0.2, 0) is 6.61 Å². The first-order valence-corrected chi connectivity index (χ1v) is 8.43. The first-order chi connectivity index (χ1) is 13.6. The number of ether oxygens (including phenoxy) is 3. The molecule has 0 unspecified atom stereocenters. The summed E-state index contributed by atoms with van der Waals surface area (Å²) in [6.07, 6.45) is 1.40. The normalized spacial score (nSPS) is 10.2. The van der Waals surface area contributed by atoms with Gasteiger partial charge in [0.15, 0.2) is 5.82 Å². The summed E-state index contributed by atoms with van der Waals surface area (Å²) in [4.78, 5) is 20.7. The van der Waals surface area contributed by atoms with Gasteiger partial charge in [-0.1, -0.05) is 30.3 Å². The molecule has 0 radical (unpaired) electrons. The van der Waals surface area contributed by atoms with Gasteiger partial charge >= 0.3 is 6.01 Å². The number of methoxy groups -OCH3 is 2. The van der Waals surface area contributed by atoms with E-state index in [4.69, 9.17) is 19.9 Å². The molecule has 144 valence electrons. The lowest BCUT2D eigenvalue weighted by Crippen LogP contribution is -2.15. The molecule has 0 saturated heterocycles. The number of carbonyl (C=O) groups is 1. The molecule has 0 aliphatic rings. The van der Waals surface area contributed by atoms with E-state index >= 15 is 0 Å². The summed E-state index contributed by atoms with van der Waals surface area (Å²) in [5.74, 6) is 0.641. The van der Waals surface area contributed by atoms with Crippen LogP contribution in [0.25, 0.3) is 0 Å². The minimum atomic E-state index is -0.409. The van der Waals surface area contributed by atoms with Gasteiger partial charge in [0.1, 0.15) is 23.8 Å². The van der Waals surface area contributed by atoms with Gasteiger partial charge < -0.3 is 25.3 Å². The number of hydrogen-bond donors (Lipinski definition) is 2. The van der Waals surface area contributed by atoms with Gasteiger partial charge in [-0.05, 0) is 17.7 Å². The largest absolute Gasteiger partial charge is 0.497 e. The minimum Gasteiger partial charge on any atom is -0.497 e. The van der Waals surface area contributed by atoms with Crippen LogP contribution in [0.1, 0.15) is 15.9 Å². The molecular weight excluding hydrogens is 360 g/mol. The number of nitrogen functional groups attached to an aromatic ring is 1. The first-order valence-electron chi connectivity index (χ1n) is 8.43. The maximum atomic E-state index is 12.6. The summed E-state index contributed by atoms with van der Waals surface area (Å²) in [7, 11) is 3.01. The van der Waals surface area contributed by atoms with Crippen molar-refractivity contribution in [3.63, 3.8) is 0 Å². The molecule has 1 heterocycles. The van der Waals surface area contributed by atoms with Crippen molar-refractivity contribution in [1.82, 2.24) is 9.97 Å². The van der Waals surface area contributed by atoms with Crippen LogP contribution in [0.3, 0.4) is 0 Å². The molecule has 8 nitrogen and oxygen atoms in total. The summed E-state index contributed by atoms with van der Waals surface area (Å²) in [5, 5.41) is 2.67. The van der Waals surface area contributed by atoms with Crippen LogP contribution in [0.15, 0.2) is 54.7 Å². The Morgan fingerprint density at radius 3 is 2.57 bits per heavy atom. The van der Waals surface area contributed by atoms with Crippen LogP contribution >= 0.6 is 0 Å². The SMILES string of the molecule is COc1ccc(C(=O)Nc2cnc(OCc3ccccc3)nc2N)c(OC)c1. The van der Waals surface area contributed by atoms with E-state index in [9.17, 15) is 4.79 Å². The second-order valence-electron chi connectivity index (χ2n) is 5.75. The van der Waals surface area contributed by atoms with Crippen LogP contribution in [-0.4, -0.2) is 30.1 Å². The van der Waals surface area contributed by atoms with Gasteiger partial charge in [-0.3, -0.25) is 4.79 Å². The minimum absolute atomic E-state index is 0.0962. The molecule has 0 atom stereocenters. The Hall–Kier alpha value is -3.81. The third kappa shape index (κ3) is 4.47. The Bertz CT molecular complexity index is 964. The van der Waals surface area contributed by atoms with Gasteiger partial charge in [-0.25, -0.2) is 4.98 Å². The molecule has 0 fully saturated rings. The van der Waals surface area contributed by atoms with Gasteiger partial charge in [-0.15, -0.1) is 0 Å². The van der Waals surface area contributed by atoms with Gasteiger partial charge in [0.05, 0.1) is 26.0 Å². The van der Waals surface area contributed by atoms with Crippen molar-refractivity contribution in [1.29, 1.82) is 0 Å². The van der Waals surface area contributed by atoms with Gasteiger partial charge in [-0.2, -0.15) is 4.98 Å². The molecule has 28 heavy (non-hydrogen) atoms. The maximum absolute atomic E-state index is 12.6. The number of hydrogen-bond acceptors (Lipinski definition) is 7. The lowest BCUT2D eigenvalue weighted by Gasteiger charge is -2.12. The highest BCUT2D eigenvalue weighted by Crippen LogP contribution is 2.26. The van der Waals surface area contributed by atoms with Crippen molar-refractivity contribution < 1.29 is 19.0 Å². The Morgan fingerprint density at radius 1 is 1.11 bits per heavy atom. The van der Waals surface area contributed by atoms with Gasteiger partial charge in [0.2, 0.25) is 0 Å². The lowest BCUT2D eigenvalue weighted by atomic mass is 10.1. The van der Waals surface area contributed by atoms with Crippen LogP contribution < -0.4 is 25.3 Å². The molecule has 3 aromatic rings. The molecule has 3 rings (SSSR count). The second kappa shape index (κ2) is 8.72. The number of nitrogens with two attached hydrogens (primary N) is 1. The van der Waals surface area contributed by atoms with E-state index in [-0.39, 0.29) is 17.5 Å². The van der Waals surface area contributed by atoms with Crippen molar-refractivity contribution in [2.75, 3.05) is 25.3 Å². The molecule has 1 amide bonds. The summed E-state index contributed by atoms with van der Waals surface area (Å²) in [6, 6.07) is 14.6. The summed E-state index contributed by atoms with van der Waals surface area (Å²) in [5.41, 5.74) is 7.52. The van der Waals surface area contributed by atoms with E-state index in [0.29, 0.717) is 23.7 Å². The van der Waals surface area contributed by atoms with E-state index in [1.54, 1.807) is 18.2 Å². The summed E-state index contributed by atoms with van der Waals surface area (Å²) >= 11 is 0. The lowest BCUT2D eigenvalue weighted by molar-refractivity contribution is 0.102. The monoisotopic (exact) mass is 380 g/mol.